The zero-order chi connectivity index (χ0) is 20.4. The van der Waals surface area contributed by atoms with Crippen LogP contribution in [0.25, 0.3) is 11.0 Å². The van der Waals surface area contributed by atoms with Crippen molar-refractivity contribution in [1.29, 1.82) is 0 Å². The van der Waals surface area contributed by atoms with Gasteiger partial charge < -0.3 is 10.2 Å². The summed E-state index contributed by atoms with van der Waals surface area (Å²) in [6, 6.07) is 10.2. The zero-order valence-corrected chi connectivity index (χ0v) is 18.7. The fourth-order valence-electron chi connectivity index (χ4n) is 3.88. The number of pyridine rings is 2. The second kappa shape index (κ2) is 9.43. The molecule has 1 saturated heterocycles. The summed E-state index contributed by atoms with van der Waals surface area (Å²) < 4.78 is 0. The number of benzene rings is 1. The van der Waals surface area contributed by atoms with Crippen LogP contribution in [0.1, 0.15) is 52.9 Å². The van der Waals surface area contributed by atoms with E-state index in [1.165, 1.54) is 24.0 Å². The standard InChI is InChI=1S/C24H28N4O.ClH/c1-16-8-10-19(14-17(16)2)27-22-20-11-9-18(3)26-23(20)25-15-21(22)24(29)28-12-6-4-5-7-13-28;/h8-11,14-15H,4-7,12-13H2,1-3H3,(H,25,26,27);1H. The Bertz CT molecular complexity index is 1060. The molecule has 0 bridgehead atoms. The Morgan fingerprint density at radius 3 is 2.40 bits per heavy atom. The number of anilines is 2. The maximum Gasteiger partial charge on any atom is 0.257 e. The Labute approximate surface area is 184 Å². The molecule has 30 heavy (non-hydrogen) atoms. The summed E-state index contributed by atoms with van der Waals surface area (Å²) in [4.78, 5) is 24.5. The Balaban J connectivity index is 0.00000256. The van der Waals surface area contributed by atoms with E-state index in [9.17, 15) is 4.79 Å². The molecule has 1 aliphatic heterocycles. The third-order valence-electron chi connectivity index (χ3n) is 5.77. The Morgan fingerprint density at radius 1 is 0.967 bits per heavy atom. The smallest absolute Gasteiger partial charge is 0.257 e. The van der Waals surface area contributed by atoms with E-state index >= 15 is 0 Å². The number of likely N-dealkylation sites (tertiary alicyclic amines) is 1. The first-order chi connectivity index (χ1) is 14.0. The fraction of sp³-hybridized carbons (Fsp3) is 0.375. The summed E-state index contributed by atoms with van der Waals surface area (Å²) in [5.74, 6) is 0.0493. The Kier molecular flexibility index (Phi) is 6.93. The molecule has 2 aromatic heterocycles. The van der Waals surface area contributed by atoms with Crippen molar-refractivity contribution >= 4 is 40.7 Å². The van der Waals surface area contributed by atoms with Crippen LogP contribution in [0, 0.1) is 20.8 Å². The number of nitrogens with one attached hydrogen (secondary N) is 1. The van der Waals surface area contributed by atoms with Crippen LogP contribution < -0.4 is 5.32 Å². The maximum atomic E-state index is 13.4. The highest BCUT2D eigenvalue weighted by Gasteiger charge is 2.22. The van der Waals surface area contributed by atoms with Crippen molar-refractivity contribution in [2.75, 3.05) is 18.4 Å². The lowest BCUT2D eigenvalue weighted by molar-refractivity contribution is 0.0762. The number of aromatic nitrogens is 2. The van der Waals surface area contributed by atoms with E-state index in [0.717, 1.165) is 48.4 Å². The predicted molar refractivity (Wildman–Crippen MR) is 125 cm³/mol. The van der Waals surface area contributed by atoms with E-state index in [4.69, 9.17) is 0 Å². The lowest BCUT2D eigenvalue weighted by Gasteiger charge is -2.23. The molecule has 1 amide bonds. The maximum absolute atomic E-state index is 13.4. The molecule has 6 heteroatoms. The number of hydrogen-bond acceptors (Lipinski definition) is 4. The molecule has 0 spiro atoms. The Morgan fingerprint density at radius 2 is 1.70 bits per heavy atom. The van der Waals surface area contributed by atoms with Gasteiger partial charge in [-0.15, -0.1) is 12.4 Å². The van der Waals surface area contributed by atoms with Crippen molar-refractivity contribution in [3.05, 3.63) is 58.9 Å². The molecule has 0 saturated carbocycles. The summed E-state index contributed by atoms with van der Waals surface area (Å²) in [6.07, 6.45) is 6.19. The van der Waals surface area contributed by atoms with Crippen LogP contribution in [0.3, 0.4) is 0 Å². The quantitative estimate of drug-likeness (QED) is 0.582. The van der Waals surface area contributed by atoms with Crippen LogP contribution in [0.2, 0.25) is 0 Å². The SMILES string of the molecule is Cc1ccc2c(Nc3ccc(C)c(C)c3)c(C(=O)N3CCCCCC3)cnc2n1.Cl. The zero-order valence-electron chi connectivity index (χ0n) is 17.9. The molecule has 0 unspecified atom stereocenters. The summed E-state index contributed by atoms with van der Waals surface area (Å²) in [6.45, 7) is 7.77. The highest BCUT2D eigenvalue weighted by Crippen LogP contribution is 2.30. The normalized spacial score (nSPS) is 14.2. The summed E-state index contributed by atoms with van der Waals surface area (Å²) >= 11 is 0. The lowest BCUT2D eigenvalue weighted by atomic mass is 10.1. The van der Waals surface area contributed by atoms with Crippen LogP contribution in [-0.2, 0) is 0 Å². The molecule has 1 aliphatic rings. The first-order valence-electron chi connectivity index (χ1n) is 10.4. The topological polar surface area (TPSA) is 58.1 Å². The van der Waals surface area contributed by atoms with Crippen LogP contribution in [0.5, 0.6) is 0 Å². The lowest BCUT2D eigenvalue weighted by Crippen LogP contribution is -2.32. The largest absolute Gasteiger partial charge is 0.354 e. The van der Waals surface area contributed by atoms with Crippen LogP contribution in [0.15, 0.2) is 36.5 Å². The van der Waals surface area contributed by atoms with Gasteiger partial charge in [-0.3, -0.25) is 4.79 Å². The molecule has 3 aromatic rings. The number of hydrogen-bond donors (Lipinski definition) is 1. The van der Waals surface area contributed by atoms with Crippen molar-refractivity contribution in [3.63, 3.8) is 0 Å². The van der Waals surface area contributed by atoms with Crippen LogP contribution in [-0.4, -0.2) is 33.9 Å². The number of rotatable bonds is 3. The number of aryl methyl sites for hydroxylation is 3. The molecule has 1 N–H and O–H groups in total. The first-order valence-corrected chi connectivity index (χ1v) is 10.4. The molecule has 4 rings (SSSR count). The van der Waals surface area contributed by atoms with E-state index in [0.29, 0.717) is 11.2 Å². The molecular formula is C24H29ClN4O. The first kappa shape index (κ1) is 22.0. The van der Waals surface area contributed by atoms with Crippen molar-refractivity contribution in [2.45, 2.75) is 46.5 Å². The van der Waals surface area contributed by atoms with Gasteiger partial charge in [0, 0.05) is 36.1 Å². The van der Waals surface area contributed by atoms with Gasteiger partial charge in [-0.1, -0.05) is 18.9 Å². The van der Waals surface area contributed by atoms with Gasteiger partial charge in [0.1, 0.15) is 0 Å². The van der Waals surface area contributed by atoms with E-state index < -0.39 is 0 Å². The number of nitrogens with zero attached hydrogens (tertiary/aromatic N) is 3. The van der Waals surface area contributed by atoms with Gasteiger partial charge in [0.15, 0.2) is 5.65 Å². The van der Waals surface area contributed by atoms with E-state index in [-0.39, 0.29) is 18.3 Å². The van der Waals surface area contributed by atoms with Crippen molar-refractivity contribution in [3.8, 4) is 0 Å². The second-order valence-corrected chi connectivity index (χ2v) is 8.00. The minimum absolute atomic E-state index is 0. The summed E-state index contributed by atoms with van der Waals surface area (Å²) in [7, 11) is 0. The van der Waals surface area contributed by atoms with Crippen LogP contribution >= 0.6 is 12.4 Å². The Hall–Kier alpha value is -2.66. The average Bonchev–Trinajstić information content (AvgIpc) is 3.00. The molecule has 0 radical (unpaired) electrons. The highest BCUT2D eigenvalue weighted by molar-refractivity contribution is 6.07. The third kappa shape index (κ3) is 4.57. The fourth-order valence-corrected chi connectivity index (χ4v) is 3.88. The molecule has 1 fully saturated rings. The molecule has 3 heterocycles. The summed E-state index contributed by atoms with van der Waals surface area (Å²) in [5.41, 5.74) is 6.39. The van der Waals surface area contributed by atoms with Crippen molar-refractivity contribution in [2.24, 2.45) is 0 Å². The van der Waals surface area contributed by atoms with Gasteiger partial charge in [0.05, 0.1) is 11.3 Å². The van der Waals surface area contributed by atoms with Gasteiger partial charge in [-0.05, 0) is 69.0 Å². The van der Waals surface area contributed by atoms with E-state index in [1.54, 1.807) is 6.20 Å². The average molecular weight is 425 g/mol. The number of carbonyl (C=O) groups excluding carboxylic acids is 1. The number of amides is 1. The van der Waals surface area contributed by atoms with E-state index in [1.807, 2.05) is 24.0 Å². The highest BCUT2D eigenvalue weighted by atomic mass is 35.5. The molecule has 0 aliphatic carbocycles. The third-order valence-corrected chi connectivity index (χ3v) is 5.77. The molecule has 5 nitrogen and oxygen atoms in total. The van der Waals surface area contributed by atoms with Crippen molar-refractivity contribution in [1.82, 2.24) is 14.9 Å². The number of carbonyl (C=O) groups is 1. The molecular weight excluding hydrogens is 396 g/mol. The van der Waals surface area contributed by atoms with Gasteiger partial charge in [-0.2, -0.15) is 0 Å². The van der Waals surface area contributed by atoms with Gasteiger partial charge in [0.25, 0.3) is 5.91 Å². The second-order valence-electron chi connectivity index (χ2n) is 8.00. The minimum atomic E-state index is 0. The minimum Gasteiger partial charge on any atom is -0.354 e. The number of halogens is 1. The molecule has 158 valence electrons. The van der Waals surface area contributed by atoms with Gasteiger partial charge >= 0.3 is 0 Å². The van der Waals surface area contributed by atoms with Gasteiger partial charge in [0.2, 0.25) is 0 Å². The van der Waals surface area contributed by atoms with Crippen molar-refractivity contribution < 1.29 is 4.79 Å². The monoisotopic (exact) mass is 424 g/mol. The predicted octanol–water partition coefficient (Wildman–Crippen LogP) is 5.74. The summed E-state index contributed by atoms with van der Waals surface area (Å²) in [5, 5.41) is 4.38. The van der Waals surface area contributed by atoms with E-state index in [2.05, 4.69) is 47.3 Å². The van der Waals surface area contributed by atoms with Crippen LogP contribution in [0.4, 0.5) is 11.4 Å². The molecule has 0 atom stereocenters. The number of fused-ring (bicyclic) bond motifs is 1. The van der Waals surface area contributed by atoms with Gasteiger partial charge in [-0.25, -0.2) is 9.97 Å². The molecule has 1 aromatic carbocycles.